The van der Waals surface area contributed by atoms with Crippen molar-refractivity contribution < 1.29 is 18.0 Å². The predicted molar refractivity (Wildman–Crippen MR) is 156 cm³/mol. The summed E-state index contributed by atoms with van der Waals surface area (Å²) in [7, 11) is -4.10. The molecule has 7 nitrogen and oxygen atoms in total. The maximum Gasteiger partial charge on any atom is 0.264 e. The number of carbonyl (C=O) groups excluding carboxylic acids is 2. The molecule has 0 saturated heterocycles. The van der Waals surface area contributed by atoms with Crippen LogP contribution in [-0.2, 0) is 26.2 Å². The van der Waals surface area contributed by atoms with Crippen LogP contribution in [0, 0.1) is 13.8 Å². The summed E-state index contributed by atoms with van der Waals surface area (Å²) >= 11 is 6.06. The van der Waals surface area contributed by atoms with E-state index in [1.165, 1.54) is 17.0 Å². The van der Waals surface area contributed by atoms with Crippen LogP contribution in [0.5, 0.6) is 0 Å². The standard InChI is InChI=1S/C30H36ClN3O4S/c1-6-27(30(36)32-21(2)3)33(19-24-13-15-25(31)16-14-24)29(35)20-34(28-10-8-7-9-23(28)5)39(37,38)26-17-11-22(4)12-18-26/h7-18,21,27H,6,19-20H2,1-5H3,(H,32,36)/t27-/m1/s1. The summed E-state index contributed by atoms with van der Waals surface area (Å²) in [4.78, 5) is 28.8. The minimum atomic E-state index is -4.10. The fourth-order valence-corrected chi connectivity index (χ4v) is 5.89. The third-order valence-corrected chi connectivity index (χ3v) is 8.38. The van der Waals surface area contributed by atoms with Gasteiger partial charge in [-0.3, -0.25) is 13.9 Å². The minimum absolute atomic E-state index is 0.0815. The number of amides is 2. The van der Waals surface area contributed by atoms with Crippen LogP contribution in [-0.4, -0.2) is 43.8 Å². The van der Waals surface area contributed by atoms with E-state index in [9.17, 15) is 18.0 Å². The third-order valence-electron chi connectivity index (χ3n) is 6.36. The zero-order valence-corrected chi connectivity index (χ0v) is 24.6. The summed E-state index contributed by atoms with van der Waals surface area (Å²) < 4.78 is 29.0. The van der Waals surface area contributed by atoms with Gasteiger partial charge in [0.05, 0.1) is 10.6 Å². The lowest BCUT2D eigenvalue weighted by Gasteiger charge is -2.34. The minimum Gasteiger partial charge on any atom is -0.352 e. The second kappa shape index (κ2) is 13.1. The van der Waals surface area contributed by atoms with Crippen LogP contribution in [0.4, 0.5) is 5.69 Å². The first-order valence-corrected chi connectivity index (χ1v) is 14.7. The van der Waals surface area contributed by atoms with E-state index in [0.717, 1.165) is 15.4 Å². The molecule has 0 bridgehead atoms. The molecule has 0 radical (unpaired) electrons. The van der Waals surface area contributed by atoms with Gasteiger partial charge >= 0.3 is 0 Å². The smallest absolute Gasteiger partial charge is 0.264 e. The quantitative estimate of drug-likeness (QED) is 0.331. The van der Waals surface area contributed by atoms with E-state index in [1.807, 2.05) is 33.8 Å². The Morgan fingerprint density at radius 3 is 2.10 bits per heavy atom. The average molecular weight is 570 g/mol. The number of anilines is 1. The Kier molecular flexibility index (Phi) is 10.2. The van der Waals surface area contributed by atoms with Gasteiger partial charge in [-0.25, -0.2) is 8.42 Å². The third kappa shape index (κ3) is 7.61. The van der Waals surface area contributed by atoms with Crippen LogP contribution in [0.15, 0.2) is 77.7 Å². The Balaban J connectivity index is 2.07. The summed E-state index contributed by atoms with van der Waals surface area (Å²) in [6.07, 6.45) is 0.354. The van der Waals surface area contributed by atoms with E-state index in [0.29, 0.717) is 22.7 Å². The van der Waals surface area contributed by atoms with Crippen LogP contribution in [0.1, 0.15) is 43.9 Å². The van der Waals surface area contributed by atoms with Crippen molar-refractivity contribution in [1.82, 2.24) is 10.2 Å². The van der Waals surface area contributed by atoms with E-state index >= 15 is 0 Å². The molecule has 208 valence electrons. The molecule has 39 heavy (non-hydrogen) atoms. The highest BCUT2D eigenvalue weighted by atomic mass is 35.5. The number of halogens is 1. The number of sulfonamides is 1. The molecule has 0 saturated carbocycles. The van der Waals surface area contributed by atoms with Crippen molar-refractivity contribution in [3.8, 4) is 0 Å². The predicted octanol–water partition coefficient (Wildman–Crippen LogP) is 5.48. The van der Waals surface area contributed by atoms with E-state index < -0.39 is 28.5 Å². The highest BCUT2D eigenvalue weighted by Crippen LogP contribution is 2.28. The zero-order valence-electron chi connectivity index (χ0n) is 23.0. The molecule has 3 aromatic carbocycles. The molecule has 2 amide bonds. The number of benzene rings is 3. The van der Waals surface area contributed by atoms with Crippen molar-refractivity contribution in [2.75, 3.05) is 10.8 Å². The van der Waals surface area contributed by atoms with Crippen molar-refractivity contribution in [3.63, 3.8) is 0 Å². The number of carbonyl (C=O) groups is 2. The second-order valence-corrected chi connectivity index (χ2v) is 12.1. The molecule has 0 aliphatic carbocycles. The lowest BCUT2D eigenvalue weighted by molar-refractivity contribution is -0.140. The fourth-order valence-electron chi connectivity index (χ4n) is 4.28. The van der Waals surface area contributed by atoms with Gasteiger partial charge < -0.3 is 10.2 Å². The van der Waals surface area contributed by atoms with Crippen LogP contribution < -0.4 is 9.62 Å². The molecule has 1 N–H and O–H groups in total. The van der Waals surface area contributed by atoms with Gasteiger partial charge in [-0.2, -0.15) is 0 Å². The first kappa shape index (κ1) is 30.2. The molecular formula is C30H36ClN3O4S. The first-order valence-electron chi connectivity index (χ1n) is 12.9. The zero-order chi connectivity index (χ0) is 28.7. The van der Waals surface area contributed by atoms with Gasteiger partial charge in [0.2, 0.25) is 11.8 Å². The lowest BCUT2D eigenvalue weighted by atomic mass is 10.1. The summed E-state index contributed by atoms with van der Waals surface area (Å²) in [5, 5.41) is 3.45. The van der Waals surface area contributed by atoms with Crippen LogP contribution in [0.2, 0.25) is 5.02 Å². The van der Waals surface area contributed by atoms with Crippen molar-refractivity contribution in [3.05, 3.63) is 94.5 Å². The molecule has 0 spiro atoms. The molecule has 3 aromatic rings. The molecule has 1 atom stereocenters. The average Bonchev–Trinajstić information content (AvgIpc) is 2.88. The number of rotatable bonds is 11. The first-order chi connectivity index (χ1) is 18.4. The maximum atomic E-state index is 14.0. The Morgan fingerprint density at radius 2 is 1.54 bits per heavy atom. The lowest BCUT2D eigenvalue weighted by Crippen LogP contribution is -2.53. The Labute approximate surface area is 236 Å². The molecule has 0 aliphatic heterocycles. The van der Waals surface area contributed by atoms with Crippen LogP contribution >= 0.6 is 11.6 Å². The summed E-state index contributed by atoms with van der Waals surface area (Å²) in [5.74, 6) is -0.784. The van der Waals surface area contributed by atoms with Crippen LogP contribution in [0.25, 0.3) is 0 Å². The Morgan fingerprint density at radius 1 is 0.923 bits per heavy atom. The highest BCUT2D eigenvalue weighted by Gasteiger charge is 2.34. The number of nitrogens with zero attached hydrogens (tertiary/aromatic N) is 2. The molecule has 0 aliphatic rings. The highest BCUT2D eigenvalue weighted by molar-refractivity contribution is 7.92. The van der Waals surface area contributed by atoms with Gasteiger partial charge in [0.25, 0.3) is 10.0 Å². The molecule has 0 aromatic heterocycles. The number of nitrogens with one attached hydrogen (secondary N) is 1. The van der Waals surface area contributed by atoms with Crippen molar-refractivity contribution >= 4 is 39.1 Å². The van der Waals surface area contributed by atoms with Gasteiger partial charge in [-0.15, -0.1) is 0 Å². The van der Waals surface area contributed by atoms with E-state index in [4.69, 9.17) is 11.6 Å². The molecule has 0 unspecified atom stereocenters. The molecule has 9 heteroatoms. The topological polar surface area (TPSA) is 86.8 Å². The summed E-state index contributed by atoms with van der Waals surface area (Å²) in [5.41, 5.74) is 2.79. The molecular weight excluding hydrogens is 534 g/mol. The van der Waals surface area contributed by atoms with Gasteiger partial charge in [0.15, 0.2) is 0 Å². The largest absolute Gasteiger partial charge is 0.352 e. The Bertz CT molecular complexity index is 1390. The second-order valence-electron chi connectivity index (χ2n) is 9.85. The summed E-state index contributed by atoms with van der Waals surface area (Å²) in [6, 6.07) is 19.7. The number of aryl methyl sites for hydroxylation is 2. The van der Waals surface area contributed by atoms with Crippen molar-refractivity contribution in [2.45, 2.75) is 64.6 Å². The van der Waals surface area contributed by atoms with Crippen LogP contribution in [0.3, 0.4) is 0 Å². The van der Waals surface area contributed by atoms with Gasteiger partial charge in [-0.1, -0.05) is 66.6 Å². The monoisotopic (exact) mass is 569 g/mol. The van der Waals surface area contributed by atoms with Gasteiger partial charge in [-0.05, 0) is 75.6 Å². The summed E-state index contributed by atoms with van der Waals surface area (Å²) in [6.45, 7) is 8.85. The number of para-hydroxylation sites is 1. The maximum absolute atomic E-state index is 14.0. The van der Waals surface area contributed by atoms with Crippen molar-refractivity contribution in [1.29, 1.82) is 0 Å². The van der Waals surface area contributed by atoms with E-state index in [1.54, 1.807) is 61.5 Å². The Hall–Kier alpha value is -3.36. The normalized spacial score (nSPS) is 12.2. The molecule has 0 heterocycles. The van der Waals surface area contributed by atoms with E-state index in [-0.39, 0.29) is 23.4 Å². The SMILES string of the molecule is CC[C@H](C(=O)NC(C)C)N(Cc1ccc(Cl)cc1)C(=O)CN(c1ccccc1C)S(=O)(=O)c1ccc(C)cc1. The van der Waals surface area contributed by atoms with Gasteiger partial charge in [0.1, 0.15) is 12.6 Å². The fraction of sp³-hybridized carbons (Fsp3) is 0.333. The molecule has 3 rings (SSSR count). The van der Waals surface area contributed by atoms with Crippen molar-refractivity contribution in [2.24, 2.45) is 0 Å². The number of hydrogen-bond donors (Lipinski definition) is 1. The van der Waals surface area contributed by atoms with Gasteiger partial charge in [0, 0.05) is 17.6 Å². The molecule has 0 fully saturated rings. The number of hydrogen-bond acceptors (Lipinski definition) is 4. The van der Waals surface area contributed by atoms with E-state index in [2.05, 4.69) is 5.32 Å².